The van der Waals surface area contributed by atoms with E-state index in [1.807, 2.05) is 24.3 Å². The number of anilines is 2. The van der Waals surface area contributed by atoms with Crippen LogP contribution in [0.5, 0.6) is 0 Å². The molecule has 0 saturated carbocycles. The van der Waals surface area contributed by atoms with Crippen molar-refractivity contribution in [1.82, 2.24) is 4.98 Å². The molecule has 3 rings (SSSR count). The average molecular weight is 383 g/mol. The lowest BCUT2D eigenvalue weighted by Gasteiger charge is -2.12. The zero-order valence-corrected chi connectivity index (χ0v) is 14.2. The second-order valence-electron chi connectivity index (χ2n) is 5.23. The highest BCUT2D eigenvalue weighted by Gasteiger charge is 2.19. The fraction of sp³-hybridized carbons (Fsp3) is 0.0588. The molecule has 3 aromatic rings. The Bertz CT molecular complexity index is 1010. The highest BCUT2D eigenvalue weighted by Crippen LogP contribution is 2.34. The second-order valence-corrected chi connectivity index (χ2v) is 6.15. The van der Waals surface area contributed by atoms with Gasteiger partial charge in [0.05, 0.1) is 16.2 Å². The molecule has 24 heavy (non-hydrogen) atoms. The topological polar surface area (TPSA) is 91.8 Å². The maximum Gasteiger partial charge on any atom is 0.295 e. The Morgan fingerprint density at radius 1 is 1.33 bits per heavy atom. The van der Waals surface area contributed by atoms with E-state index in [1.165, 1.54) is 12.3 Å². The summed E-state index contributed by atoms with van der Waals surface area (Å²) < 4.78 is 0.881. The van der Waals surface area contributed by atoms with Crippen molar-refractivity contribution >= 4 is 43.9 Å². The molecule has 0 radical (unpaired) electrons. The van der Waals surface area contributed by atoms with Crippen molar-refractivity contribution in [3.05, 3.63) is 68.3 Å². The summed E-state index contributed by atoms with van der Waals surface area (Å²) in [5, 5.41) is 24.4. The number of aromatic nitrogens is 1. The fourth-order valence-electron chi connectivity index (χ4n) is 2.49. The number of nitrogens with one attached hydrogen (secondary N) is 1. The molecule has 2 aromatic carbocycles. The van der Waals surface area contributed by atoms with Gasteiger partial charge < -0.3 is 5.32 Å². The third kappa shape index (κ3) is 2.92. The first-order chi connectivity index (χ1) is 11.5. The van der Waals surface area contributed by atoms with Crippen LogP contribution in [0.3, 0.4) is 0 Å². The normalized spacial score (nSPS) is 10.4. The van der Waals surface area contributed by atoms with Gasteiger partial charge in [0.2, 0.25) is 0 Å². The lowest BCUT2D eigenvalue weighted by molar-refractivity contribution is -0.383. The number of nitrogens with zero attached hydrogens (tertiary/aromatic N) is 3. The first kappa shape index (κ1) is 15.9. The molecule has 0 spiro atoms. The van der Waals surface area contributed by atoms with Gasteiger partial charge in [0.25, 0.3) is 5.69 Å². The van der Waals surface area contributed by atoms with E-state index >= 15 is 0 Å². The SMILES string of the molecule is Cc1cc([N+](=O)[O-])c2ncc(C#N)c(Nc3cccc(Br)c3)c2c1. The first-order valence-electron chi connectivity index (χ1n) is 7.00. The van der Waals surface area contributed by atoms with Crippen molar-refractivity contribution in [3.63, 3.8) is 0 Å². The molecule has 0 saturated heterocycles. The Hall–Kier alpha value is -2.98. The van der Waals surface area contributed by atoms with Crippen LogP contribution in [-0.2, 0) is 0 Å². The predicted octanol–water partition coefficient (Wildman–Crippen LogP) is 4.83. The Morgan fingerprint density at radius 2 is 2.12 bits per heavy atom. The molecule has 1 heterocycles. The monoisotopic (exact) mass is 382 g/mol. The summed E-state index contributed by atoms with van der Waals surface area (Å²) in [6.45, 7) is 1.77. The maximum atomic E-state index is 11.3. The summed E-state index contributed by atoms with van der Waals surface area (Å²) >= 11 is 3.40. The number of non-ortho nitro benzene ring substituents is 1. The van der Waals surface area contributed by atoms with Gasteiger partial charge in [-0.2, -0.15) is 5.26 Å². The lowest BCUT2D eigenvalue weighted by atomic mass is 10.1. The molecule has 1 N–H and O–H groups in total. The Morgan fingerprint density at radius 3 is 2.79 bits per heavy atom. The standard InChI is InChI=1S/C17H11BrN4O2/c1-10-5-14-16(21-13-4-2-3-12(18)7-13)11(8-19)9-20-17(14)15(6-10)22(23)24/h2-7,9H,1H3,(H,20,21). The summed E-state index contributed by atoms with van der Waals surface area (Å²) in [5.41, 5.74) is 2.49. The molecular weight excluding hydrogens is 372 g/mol. The Balaban J connectivity index is 2.28. The van der Waals surface area contributed by atoms with Crippen LogP contribution in [-0.4, -0.2) is 9.91 Å². The summed E-state index contributed by atoms with van der Waals surface area (Å²) in [6, 6.07) is 12.8. The quantitative estimate of drug-likeness (QED) is 0.517. The molecule has 1 aromatic heterocycles. The van der Waals surface area contributed by atoms with Crippen molar-refractivity contribution in [2.75, 3.05) is 5.32 Å². The number of hydrogen-bond acceptors (Lipinski definition) is 5. The van der Waals surface area contributed by atoms with E-state index in [1.54, 1.807) is 13.0 Å². The number of nitriles is 1. The number of fused-ring (bicyclic) bond motifs is 1. The highest BCUT2D eigenvalue weighted by molar-refractivity contribution is 9.10. The van der Waals surface area contributed by atoms with Crippen molar-refractivity contribution in [1.29, 1.82) is 5.26 Å². The van der Waals surface area contributed by atoms with E-state index < -0.39 is 4.92 Å². The van der Waals surface area contributed by atoms with Gasteiger partial charge in [-0.05, 0) is 36.8 Å². The fourth-order valence-corrected chi connectivity index (χ4v) is 2.89. The van der Waals surface area contributed by atoms with E-state index in [2.05, 4.69) is 32.3 Å². The minimum absolute atomic E-state index is 0.0771. The van der Waals surface area contributed by atoms with E-state index in [4.69, 9.17) is 0 Å². The minimum Gasteiger partial charge on any atom is -0.354 e. The molecule has 7 heteroatoms. The van der Waals surface area contributed by atoms with E-state index in [9.17, 15) is 15.4 Å². The number of benzene rings is 2. The van der Waals surface area contributed by atoms with Gasteiger partial charge in [-0.1, -0.05) is 22.0 Å². The van der Waals surface area contributed by atoms with Crippen molar-refractivity contribution in [2.24, 2.45) is 0 Å². The molecule has 0 aliphatic carbocycles. The van der Waals surface area contributed by atoms with E-state index in [0.29, 0.717) is 16.6 Å². The summed E-state index contributed by atoms with van der Waals surface area (Å²) in [4.78, 5) is 15.0. The zero-order chi connectivity index (χ0) is 17.3. The second kappa shape index (κ2) is 6.26. The van der Waals surface area contributed by atoms with Crippen LogP contribution in [0.15, 0.2) is 47.1 Å². The van der Waals surface area contributed by atoms with Crippen molar-refractivity contribution in [3.8, 4) is 6.07 Å². The number of nitro benzene ring substituents is 1. The Labute approximate surface area is 146 Å². The van der Waals surface area contributed by atoms with Gasteiger partial charge in [-0.15, -0.1) is 0 Å². The molecule has 0 aliphatic heterocycles. The molecule has 6 nitrogen and oxygen atoms in total. The molecule has 0 unspecified atom stereocenters. The largest absolute Gasteiger partial charge is 0.354 e. The van der Waals surface area contributed by atoms with Gasteiger partial charge in [0.15, 0.2) is 0 Å². The first-order valence-corrected chi connectivity index (χ1v) is 7.79. The van der Waals surface area contributed by atoms with Crippen molar-refractivity contribution in [2.45, 2.75) is 6.92 Å². The van der Waals surface area contributed by atoms with Crippen LogP contribution in [0.2, 0.25) is 0 Å². The lowest BCUT2D eigenvalue weighted by Crippen LogP contribution is -1.99. The predicted molar refractivity (Wildman–Crippen MR) is 95.3 cm³/mol. The number of halogens is 1. The number of nitro groups is 1. The maximum absolute atomic E-state index is 11.3. The molecule has 0 fully saturated rings. The molecule has 0 amide bonds. The summed E-state index contributed by atoms with van der Waals surface area (Å²) in [5.74, 6) is 0. The third-order valence-electron chi connectivity index (χ3n) is 3.51. The van der Waals surface area contributed by atoms with Crippen LogP contribution < -0.4 is 5.32 Å². The van der Waals surface area contributed by atoms with Crippen LogP contribution in [0.1, 0.15) is 11.1 Å². The smallest absolute Gasteiger partial charge is 0.295 e. The summed E-state index contributed by atoms with van der Waals surface area (Å²) in [6.07, 6.45) is 1.35. The van der Waals surface area contributed by atoms with Gasteiger partial charge in [0, 0.05) is 27.8 Å². The number of hydrogen-bond donors (Lipinski definition) is 1. The van der Waals surface area contributed by atoms with Gasteiger partial charge in [0.1, 0.15) is 11.6 Å². The molecule has 118 valence electrons. The average Bonchev–Trinajstić information content (AvgIpc) is 2.54. The third-order valence-corrected chi connectivity index (χ3v) is 4.00. The molecule has 0 aliphatic rings. The zero-order valence-electron chi connectivity index (χ0n) is 12.6. The number of aryl methyl sites for hydroxylation is 1. The number of rotatable bonds is 3. The Kier molecular flexibility index (Phi) is 4.15. The van der Waals surface area contributed by atoms with Gasteiger partial charge in [-0.25, -0.2) is 4.98 Å². The molecular formula is C17H11BrN4O2. The van der Waals surface area contributed by atoms with Gasteiger partial charge in [-0.3, -0.25) is 10.1 Å². The highest BCUT2D eigenvalue weighted by atomic mass is 79.9. The van der Waals surface area contributed by atoms with Crippen LogP contribution >= 0.6 is 15.9 Å². The number of pyridine rings is 1. The van der Waals surface area contributed by atoms with Crippen LogP contribution in [0.4, 0.5) is 17.1 Å². The van der Waals surface area contributed by atoms with Crippen LogP contribution in [0.25, 0.3) is 10.9 Å². The minimum atomic E-state index is -0.461. The summed E-state index contributed by atoms with van der Waals surface area (Å²) in [7, 11) is 0. The van der Waals surface area contributed by atoms with E-state index in [-0.39, 0.29) is 11.2 Å². The van der Waals surface area contributed by atoms with Crippen molar-refractivity contribution < 1.29 is 4.92 Å². The van der Waals surface area contributed by atoms with E-state index in [0.717, 1.165) is 15.7 Å². The molecule has 0 bridgehead atoms. The van der Waals surface area contributed by atoms with Gasteiger partial charge >= 0.3 is 0 Å². The van der Waals surface area contributed by atoms with Crippen LogP contribution in [0, 0.1) is 28.4 Å². The molecule has 0 atom stereocenters.